The highest BCUT2D eigenvalue weighted by Crippen LogP contribution is 2.34. The van der Waals surface area contributed by atoms with Gasteiger partial charge < -0.3 is 10.2 Å². The van der Waals surface area contributed by atoms with E-state index >= 15 is 0 Å². The Morgan fingerprint density at radius 2 is 1.95 bits per heavy atom. The van der Waals surface area contributed by atoms with Crippen LogP contribution in [-0.2, 0) is 9.59 Å². The van der Waals surface area contributed by atoms with Crippen LogP contribution in [0.15, 0.2) is 12.1 Å². The molecular weight excluding hydrogens is 256 g/mol. The molecule has 5 heteroatoms. The summed E-state index contributed by atoms with van der Waals surface area (Å²) in [5, 5.41) is 2.54. The molecule has 20 heavy (non-hydrogen) atoms. The van der Waals surface area contributed by atoms with Gasteiger partial charge in [0, 0.05) is 20.0 Å². The van der Waals surface area contributed by atoms with E-state index in [0.29, 0.717) is 30.6 Å². The molecule has 1 aromatic carbocycles. The minimum Gasteiger partial charge on any atom is -0.359 e. The van der Waals surface area contributed by atoms with Crippen LogP contribution in [0.5, 0.6) is 0 Å². The van der Waals surface area contributed by atoms with Gasteiger partial charge in [0.05, 0.1) is 11.3 Å². The minimum atomic E-state index is -0.495. The zero-order chi connectivity index (χ0) is 14.9. The molecule has 1 aromatic rings. The normalized spacial score (nSPS) is 13.7. The van der Waals surface area contributed by atoms with Gasteiger partial charge in [-0.2, -0.15) is 0 Å². The van der Waals surface area contributed by atoms with Crippen LogP contribution in [-0.4, -0.2) is 31.2 Å². The molecule has 0 radical (unpaired) electrons. The van der Waals surface area contributed by atoms with Crippen molar-refractivity contribution in [2.75, 3.05) is 18.5 Å². The summed E-state index contributed by atoms with van der Waals surface area (Å²) in [4.78, 5) is 36.7. The van der Waals surface area contributed by atoms with Gasteiger partial charge in [0.25, 0.3) is 11.7 Å². The SMILES string of the molecule is CNC(=O)CCCN1C(=O)C(=O)c2ccc(C)c(C)c21. The Morgan fingerprint density at radius 3 is 2.60 bits per heavy atom. The molecule has 0 saturated carbocycles. The number of anilines is 1. The van der Waals surface area contributed by atoms with E-state index in [9.17, 15) is 14.4 Å². The van der Waals surface area contributed by atoms with Crippen LogP contribution < -0.4 is 10.2 Å². The molecule has 1 N–H and O–H groups in total. The molecule has 0 aliphatic carbocycles. The summed E-state index contributed by atoms with van der Waals surface area (Å²) >= 11 is 0. The van der Waals surface area contributed by atoms with E-state index in [1.807, 2.05) is 19.9 Å². The fraction of sp³-hybridized carbons (Fsp3) is 0.400. The molecule has 5 nitrogen and oxygen atoms in total. The lowest BCUT2D eigenvalue weighted by Gasteiger charge is -2.19. The molecule has 0 aromatic heterocycles. The third kappa shape index (κ3) is 2.31. The van der Waals surface area contributed by atoms with E-state index in [4.69, 9.17) is 0 Å². The Balaban J connectivity index is 2.24. The molecule has 0 spiro atoms. The van der Waals surface area contributed by atoms with Crippen molar-refractivity contribution in [3.63, 3.8) is 0 Å². The number of hydrogen-bond acceptors (Lipinski definition) is 3. The summed E-state index contributed by atoms with van der Waals surface area (Å²) in [6.07, 6.45) is 0.875. The van der Waals surface area contributed by atoms with Gasteiger partial charge in [0.15, 0.2) is 0 Å². The van der Waals surface area contributed by atoms with Gasteiger partial charge >= 0.3 is 0 Å². The zero-order valence-electron chi connectivity index (χ0n) is 11.9. The first-order chi connectivity index (χ1) is 9.47. The van der Waals surface area contributed by atoms with Crippen LogP contribution >= 0.6 is 0 Å². The van der Waals surface area contributed by atoms with E-state index in [1.54, 1.807) is 13.1 Å². The number of aryl methyl sites for hydroxylation is 1. The van der Waals surface area contributed by atoms with Crippen molar-refractivity contribution in [2.24, 2.45) is 0 Å². The van der Waals surface area contributed by atoms with Gasteiger partial charge in [-0.25, -0.2) is 0 Å². The Hall–Kier alpha value is -2.17. The molecule has 1 aliphatic heterocycles. The fourth-order valence-corrected chi connectivity index (χ4v) is 2.41. The second kappa shape index (κ2) is 5.45. The number of benzene rings is 1. The van der Waals surface area contributed by atoms with Gasteiger partial charge in [-0.05, 0) is 37.5 Å². The molecule has 1 heterocycles. The summed E-state index contributed by atoms with van der Waals surface area (Å²) in [6.45, 7) is 4.24. The third-order valence-electron chi connectivity index (χ3n) is 3.72. The first kappa shape index (κ1) is 14.2. The third-order valence-corrected chi connectivity index (χ3v) is 3.72. The summed E-state index contributed by atoms with van der Waals surface area (Å²) in [7, 11) is 1.58. The summed E-state index contributed by atoms with van der Waals surface area (Å²) in [5.74, 6) is -1.02. The second-order valence-electron chi connectivity index (χ2n) is 4.97. The first-order valence-electron chi connectivity index (χ1n) is 6.64. The molecule has 0 bridgehead atoms. The van der Waals surface area contributed by atoms with Crippen LogP contribution in [0.2, 0.25) is 0 Å². The largest absolute Gasteiger partial charge is 0.359 e. The smallest absolute Gasteiger partial charge is 0.299 e. The molecule has 2 amide bonds. The van der Waals surface area contributed by atoms with E-state index < -0.39 is 11.7 Å². The zero-order valence-corrected chi connectivity index (χ0v) is 11.9. The van der Waals surface area contributed by atoms with Crippen molar-refractivity contribution < 1.29 is 14.4 Å². The molecule has 0 saturated heterocycles. The minimum absolute atomic E-state index is 0.0656. The Kier molecular flexibility index (Phi) is 3.88. The van der Waals surface area contributed by atoms with Gasteiger partial charge in [-0.15, -0.1) is 0 Å². The van der Waals surface area contributed by atoms with E-state index in [2.05, 4.69) is 5.32 Å². The van der Waals surface area contributed by atoms with Gasteiger partial charge in [0.2, 0.25) is 5.91 Å². The Labute approximate surface area is 118 Å². The number of fused-ring (bicyclic) bond motifs is 1. The summed E-state index contributed by atoms with van der Waals surface area (Å²) in [5.41, 5.74) is 3.17. The molecular formula is C15H18N2O3. The fourth-order valence-electron chi connectivity index (χ4n) is 2.41. The number of ketones is 1. The summed E-state index contributed by atoms with van der Waals surface area (Å²) < 4.78 is 0. The van der Waals surface area contributed by atoms with Crippen LogP contribution in [0.25, 0.3) is 0 Å². The average Bonchev–Trinajstić information content (AvgIpc) is 2.68. The van der Waals surface area contributed by atoms with Crippen molar-refractivity contribution in [1.29, 1.82) is 0 Å². The molecule has 0 unspecified atom stereocenters. The van der Waals surface area contributed by atoms with Crippen LogP contribution in [0.4, 0.5) is 5.69 Å². The number of hydrogen-bond donors (Lipinski definition) is 1. The highest BCUT2D eigenvalue weighted by atomic mass is 16.2. The van der Waals surface area contributed by atoms with E-state index in [1.165, 1.54) is 4.90 Å². The van der Waals surface area contributed by atoms with E-state index in [0.717, 1.165) is 11.1 Å². The maximum absolute atomic E-state index is 12.0. The van der Waals surface area contributed by atoms with Crippen LogP contribution in [0.1, 0.15) is 34.3 Å². The molecule has 0 atom stereocenters. The maximum atomic E-state index is 12.0. The number of Topliss-reactive ketones (excluding diaryl/α,β-unsaturated/α-hetero) is 1. The molecule has 0 fully saturated rings. The van der Waals surface area contributed by atoms with Crippen molar-refractivity contribution in [3.05, 3.63) is 28.8 Å². The highest BCUT2D eigenvalue weighted by molar-refractivity contribution is 6.52. The highest BCUT2D eigenvalue weighted by Gasteiger charge is 2.36. The Bertz CT molecular complexity index is 593. The number of carbonyl (C=O) groups is 3. The van der Waals surface area contributed by atoms with Crippen LogP contribution in [0, 0.1) is 13.8 Å². The number of nitrogens with zero attached hydrogens (tertiary/aromatic N) is 1. The van der Waals surface area contributed by atoms with Crippen molar-refractivity contribution >= 4 is 23.3 Å². The van der Waals surface area contributed by atoms with Gasteiger partial charge in [0.1, 0.15) is 0 Å². The van der Waals surface area contributed by atoms with Crippen molar-refractivity contribution in [3.8, 4) is 0 Å². The predicted octanol–water partition coefficient (Wildman–Crippen LogP) is 1.36. The average molecular weight is 274 g/mol. The second-order valence-corrected chi connectivity index (χ2v) is 4.97. The Morgan fingerprint density at radius 1 is 1.25 bits per heavy atom. The van der Waals surface area contributed by atoms with E-state index in [-0.39, 0.29) is 5.91 Å². The predicted molar refractivity (Wildman–Crippen MR) is 75.9 cm³/mol. The van der Waals surface area contributed by atoms with Gasteiger partial charge in [-0.1, -0.05) is 6.07 Å². The molecule has 1 aliphatic rings. The van der Waals surface area contributed by atoms with Crippen LogP contribution in [0.3, 0.4) is 0 Å². The maximum Gasteiger partial charge on any atom is 0.299 e. The van der Waals surface area contributed by atoms with Crippen molar-refractivity contribution in [1.82, 2.24) is 5.32 Å². The lowest BCUT2D eigenvalue weighted by atomic mass is 10.0. The standard InChI is InChI=1S/C15H18N2O3/c1-9-6-7-11-13(10(9)2)17(15(20)14(11)19)8-4-5-12(18)16-3/h6-7H,4-5,8H2,1-3H3,(H,16,18). The monoisotopic (exact) mass is 274 g/mol. The quantitative estimate of drug-likeness (QED) is 0.843. The topological polar surface area (TPSA) is 66.5 Å². The number of carbonyl (C=O) groups excluding carboxylic acids is 3. The lowest BCUT2D eigenvalue weighted by Crippen LogP contribution is -2.32. The number of amides is 2. The van der Waals surface area contributed by atoms with Crippen molar-refractivity contribution in [2.45, 2.75) is 26.7 Å². The number of rotatable bonds is 4. The molecule has 106 valence electrons. The first-order valence-corrected chi connectivity index (χ1v) is 6.64. The summed E-state index contributed by atoms with van der Waals surface area (Å²) in [6, 6.07) is 3.56. The molecule has 2 rings (SSSR count). The lowest BCUT2D eigenvalue weighted by molar-refractivity contribution is -0.121. The number of nitrogens with one attached hydrogen (secondary N) is 1. The van der Waals surface area contributed by atoms with Gasteiger partial charge in [-0.3, -0.25) is 14.4 Å².